The smallest absolute Gasteiger partial charge is 0.225 e. The van der Waals surface area contributed by atoms with Crippen LogP contribution in [0.4, 0.5) is 0 Å². The van der Waals surface area contributed by atoms with Crippen LogP contribution in [0.15, 0.2) is 48.5 Å². The molecule has 30 heavy (non-hydrogen) atoms. The van der Waals surface area contributed by atoms with E-state index in [-0.39, 0.29) is 42.7 Å². The van der Waals surface area contributed by atoms with Gasteiger partial charge in [0.05, 0.1) is 18.5 Å². The molecule has 1 saturated heterocycles. The quantitative estimate of drug-likeness (QED) is 0.735. The number of amides is 2. The molecular formula is C24H32ClN3O2. The predicted octanol–water partition coefficient (Wildman–Crippen LogP) is 3.72. The average molecular weight is 430 g/mol. The van der Waals surface area contributed by atoms with Crippen LogP contribution in [-0.2, 0) is 16.0 Å². The summed E-state index contributed by atoms with van der Waals surface area (Å²) in [5, 5.41) is 6.36. The molecule has 2 amide bonds. The molecule has 2 unspecified atom stereocenters. The highest BCUT2D eigenvalue weighted by Crippen LogP contribution is 2.26. The minimum atomic E-state index is -0.321. The summed E-state index contributed by atoms with van der Waals surface area (Å²) in [6.07, 6.45) is 1.26. The Labute approximate surface area is 185 Å². The van der Waals surface area contributed by atoms with E-state index in [1.807, 2.05) is 36.1 Å². The highest BCUT2D eigenvalue weighted by Gasteiger charge is 2.29. The van der Waals surface area contributed by atoms with Gasteiger partial charge < -0.3 is 15.5 Å². The Bertz CT molecular complexity index is 837. The molecule has 6 heteroatoms. The van der Waals surface area contributed by atoms with Crippen molar-refractivity contribution in [3.05, 3.63) is 70.8 Å². The molecule has 0 bridgehead atoms. The number of hydrogen-bond donors (Lipinski definition) is 2. The van der Waals surface area contributed by atoms with Crippen LogP contribution >= 0.6 is 12.4 Å². The van der Waals surface area contributed by atoms with Crippen LogP contribution in [0.2, 0.25) is 0 Å². The molecule has 1 fully saturated rings. The fourth-order valence-electron chi connectivity index (χ4n) is 3.86. The van der Waals surface area contributed by atoms with Crippen molar-refractivity contribution in [3.8, 4) is 0 Å². The van der Waals surface area contributed by atoms with E-state index in [4.69, 9.17) is 0 Å². The van der Waals surface area contributed by atoms with E-state index in [2.05, 4.69) is 41.8 Å². The van der Waals surface area contributed by atoms with Gasteiger partial charge in [-0.25, -0.2) is 0 Å². The van der Waals surface area contributed by atoms with Gasteiger partial charge in [-0.3, -0.25) is 9.59 Å². The van der Waals surface area contributed by atoms with E-state index in [9.17, 15) is 9.59 Å². The van der Waals surface area contributed by atoms with E-state index < -0.39 is 0 Å². The van der Waals surface area contributed by atoms with Crippen LogP contribution in [0, 0.1) is 6.92 Å². The first kappa shape index (κ1) is 23.9. The van der Waals surface area contributed by atoms with Gasteiger partial charge in [-0.1, -0.05) is 61.0 Å². The molecule has 2 aromatic rings. The topological polar surface area (TPSA) is 61.4 Å². The maximum atomic E-state index is 13.3. The van der Waals surface area contributed by atoms with Gasteiger partial charge in [0, 0.05) is 26.6 Å². The van der Waals surface area contributed by atoms with E-state index in [0.717, 1.165) is 36.2 Å². The SMILES string of the molecule is CCc1ccc(C2CNCCN2C(=O)CC(NC(C)=O)c2ccc(C)cc2)cc1.Cl. The molecule has 5 nitrogen and oxygen atoms in total. The van der Waals surface area contributed by atoms with Gasteiger partial charge in [0.25, 0.3) is 0 Å². The zero-order chi connectivity index (χ0) is 20.8. The maximum Gasteiger partial charge on any atom is 0.225 e. The lowest BCUT2D eigenvalue weighted by Gasteiger charge is -2.37. The third-order valence-electron chi connectivity index (χ3n) is 5.57. The first-order valence-corrected chi connectivity index (χ1v) is 10.4. The van der Waals surface area contributed by atoms with Crippen molar-refractivity contribution < 1.29 is 9.59 Å². The molecule has 162 valence electrons. The molecule has 2 aromatic carbocycles. The summed E-state index contributed by atoms with van der Waals surface area (Å²) >= 11 is 0. The van der Waals surface area contributed by atoms with Crippen molar-refractivity contribution in [2.45, 2.75) is 45.7 Å². The number of aryl methyl sites for hydroxylation is 2. The molecule has 0 saturated carbocycles. The fraction of sp³-hybridized carbons (Fsp3) is 0.417. The zero-order valence-corrected chi connectivity index (χ0v) is 18.8. The number of rotatable bonds is 6. The van der Waals surface area contributed by atoms with Crippen molar-refractivity contribution in [2.75, 3.05) is 19.6 Å². The molecular weight excluding hydrogens is 398 g/mol. The second-order valence-electron chi connectivity index (χ2n) is 7.77. The summed E-state index contributed by atoms with van der Waals surface area (Å²) in [5.74, 6) is -0.0641. The normalized spacial score (nSPS) is 17.0. The first-order valence-electron chi connectivity index (χ1n) is 10.4. The molecule has 1 heterocycles. The Morgan fingerprint density at radius 3 is 2.40 bits per heavy atom. The summed E-state index contributed by atoms with van der Waals surface area (Å²) in [7, 11) is 0. The molecule has 0 spiro atoms. The predicted molar refractivity (Wildman–Crippen MR) is 123 cm³/mol. The molecule has 0 radical (unpaired) electrons. The van der Waals surface area contributed by atoms with E-state index >= 15 is 0 Å². The molecule has 1 aliphatic rings. The van der Waals surface area contributed by atoms with Gasteiger partial charge in [-0.15, -0.1) is 12.4 Å². The highest BCUT2D eigenvalue weighted by atomic mass is 35.5. The van der Waals surface area contributed by atoms with Gasteiger partial charge in [0.2, 0.25) is 11.8 Å². The van der Waals surface area contributed by atoms with E-state index in [0.29, 0.717) is 6.54 Å². The molecule has 0 aliphatic carbocycles. The van der Waals surface area contributed by atoms with Crippen LogP contribution in [0.5, 0.6) is 0 Å². The Kier molecular flexibility index (Phi) is 8.88. The fourth-order valence-corrected chi connectivity index (χ4v) is 3.86. The second-order valence-corrected chi connectivity index (χ2v) is 7.77. The third kappa shape index (κ3) is 6.07. The number of nitrogens with zero attached hydrogens (tertiary/aromatic N) is 1. The Balaban J connectivity index is 0.00000320. The van der Waals surface area contributed by atoms with Gasteiger partial charge >= 0.3 is 0 Å². The van der Waals surface area contributed by atoms with E-state index in [1.165, 1.54) is 12.5 Å². The van der Waals surface area contributed by atoms with Gasteiger partial charge in [-0.05, 0) is 30.0 Å². The summed E-state index contributed by atoms with van der Waals surface area (Å²) < 4.78 is 0. The number of benzene rings is 2. The van der Waals surface area contributed by atoms with Crippen molar-refractivity contribution in [1.29, 1.82) is 0 Å². The number of carbonyl (C=O) groups is 2. The van der Waals surface area contributed by atoms with Crippen LogP contribution in [-0.4, -0.2) is 36.3 Å². The molecule has 3 rings (SSSR count). The van der Waals surface area contributed by atoms with Crippen LogP contribution in [0.25, 0.3) is 0 Å². The average Bonchev–Trinajstić information content (AvgIpc) is 2.73. The number of nitrogens with one attached hydrogen (secondary N) is 2. The minimum absolute atomic E-state index is 0. The lowest BCUT2D eigenvalue weighted by atomic mass is 9.98. The van der Waals surface area contributed by atoms with Gasteiger partial charge in [0.1, 0.15) is 0 Å². The summed E-state index contributed by atoms with van der Waals surface area (Å²) in [5.41, 5.74) is 4.55. The Morgan fingerprint density at radius 1 is 1.13 bits per heavy atom. The lowest BCUT2D eigenvalue weighted by Crippen LogP contribution is -2.49. The van der Waals surface area contributed by atoms with Crippen LogP contribution < -0.4 is 10.6 Å². The zero-order valence-electron chi connectivity index (χ0n) is 18.0. The monoisotopic (exact) mass is 429 g/mol. The number of piperazine rings is 1. The van der Waals surface area contributed by atoms with Crippen molar-refractivity contribution >= 4 is 24.2 Å². The second kappa shape index (κ2) is 11.1. The third-order valence-corrected chi connectivity index (χ3v) is 5.57. The molecule has 2 N–H and O–H groups in total. The Hall–Kier alpha value is -2.37. The number of carbonyl (C=O) groups excluding carboxylic acids is 2. The lowest BCUT2D eigenvalue weighted by molar-refractivity contribution is -0.135. The minimum Gasteiger partial charge on any atom is -0.349 e. The van der Waals surface area contributed by atoms with Crippen molar-refractivity contribution in [1.82, 2.24) is 15.5 Å². The molecule has 1 aliphatic heterocycles. The van der Waals surface area contributed by atoms with Crippen LogP contribution in [0.1, 0.15) is 54.6 Å². The van der Waals surface area contributed by atoms with Gasteiger partial charge in [-0.2, -0.15) is 0 Å². The first-order chi connectivity index (χ1) is 14.0. The summed E-state index contributed by atoms with van der Waals surface area (Å²) in [6.45, 7) is 7.85. The standard InChI is InChI=1S/C24H31N3O2.ClH/c1-4-19-7-11-21(12-8-19)23-16-25-13-14-27(23)24(29)15-22(26-18(3)28)20-9-5-17(2)6-10-20;/h5-12,22-23,25H,4,13-16H2,1-3H3,(H,26,28);1H. The number of halogens is 1. The van der Waals surface area contributed by atoms with Crippen LogP contribution in [0.3, 0.4) is 0 Å². The van der Waals surface area contributed by atoms with Crippen molar-refractivity contribution in [3.63, 3.8) is 0 Å². The highest BCUT2D eigenvalue weighted by molar-refractivity contribution is 5.85. The summed E-state index contributed by atoms with van der Waals surface area (Å²) in [6, 6.07) is 16.2. The van der Waals surface area contributed by atoms with Gasteiger partial charge in [0.15, 0.2) is 0 Å². The van der Waals surface area contributed by atoms with Crippen molar-refractivity contribution in [2.24, 2.45) is 0 Å². The van der Waals surface area contributed by atoms with E-state index in [1.54, 1.807) is 0 Å². The summed E-state index contributed by atoms with van der Waals surface area (Å²) in [4.78, 5) is 27.0. The molecule has 0 aromatic heterocycles. The largest absolute Gasteiger partial charge is 0.349 e. The number of hydrogen-bond acceptors (Lipinski definition) is 3. The maximum absolute atomic E-state index is 13.3. The Morgan fingerprint density at radius 2 is 1.80 bits per heavy atom. The molecule has 2 atom stereocenters.